The predicted octanol–water partition coefficient (Wildman–Crippen LogP) is 1.35. The van der Waals surface area contributed by atoms with E-state index in [1.807, 2.05) is 24.3 Å². The van der Waals surface area contributed by atoms with Gasteiger partial charge in [-0.2, -0.15) is 0 Å². The third kappa shape index (κ3) is 3.51. The summed E-state index contributed by atoms with van der Waals surface area (Å²) >= 11 is 0. The van der Waals surface area contributed by atoms with Crippen molar-refractivity contribution in [2.24, 2.45) is 0 Å². The molecule has 1 aromatic carbocycles. The molecule has 1 aliphatic carbocycles. The summed E-state index contributed by atoms with van der Waals surface area (Å²) in [7, 11) is 0. The summed E-state index contributed by atoms with van der Waals surface area (Å²) in [5.41, 5.74) is 1.08. The molecule has 3 nitrogen and oxygen atoms in total. The normalized spacial score (nSPS) is 15.1. The van der Waals surface area contributed by atoms with Crippen molar-refractivity contribution in [3.8, 4) is 5.75 Å². The maximum atomic E-state index is 8.93. The first-order valence-electron chi connectivity index (χ1n) is 5.95. The number of para-hydroxylation sites is 1. The van der Waals surface area contributed by atoms with Gasteiger partial charge in [-0.15, -0.1) is 0 Å². The maximum Gasteiger partial charge on any atom is 0.122 e. The number of aliphatic hydroxyl groups is 1. The fourth-order valence-electron chi connectivity index (χ4n) is 1.68. The Bertz CT molecular complexity index is 323. The first-order chi connectivity index (χ1) is 7.90. The van der Waals surface area contributed by atoms with Gasteiger partial charge in [-0.1, -0.05) is 18.2 Å². The van der Waals surface area contributed by atoms with E-state index in [-0.39, 0.29) is 6.61 Å². The Labute approximate surface area is 96.4 Å². The van der Waals surface area contributed by atoms with E-state index in [0.717, 1.165) is 23.9 Å². The van der Waals surface area contributed by atoms with E-state index in [1.165, 1.54) is 12.8 Å². The molecular weight excluding hydrogens is 202 g/mol. The van der Waals surface area contributed by atoms with E-state index >= 15 is 0 Å². The average Bonchev–Trinajstić information content (AvgIpc) is 3.11. The van der Waals surface area contributed by atoms with Gasteiger partial charge in [0.05, 0.1) is 0 Å². The van der Waals surface area contributed by atoms with Gasteiger partial charge in [0.1, 0.15) is 12.4 Å². The second-order valence-corrected chi connectivity index (χ2v) is 4.16. The Kier molecular flexibility index (Phi) is 4.19. The van der Waals surface area contributed by atoms with Crippen molar-refractivity contribution in [1.29, 1.82) is 0 Å². The molecule has 0 spiro atoms. The molecule has 88 valence electrons. The summed E-state index contributed by atoms with van der Waals surface area (Å²) in [6.07, 6.45) is 3.27. The smallest absolute Gasteiger partial charge is 0.122 e. The fraction of sp³-hybridized carbons (Fsp3) is 0.538. The van der Waals surface area contributed by atoms with Crippen LogP contribution in [0.25, 0.3) is 0 Å². The van der Waals surface area contributed by atoms with Crippen LogP contribution in [0.4, 0.5) is 0 Å². The van der Waals surface area contributed by atoms with Gasteiger partial charge in [-0.3, -0.25) is 0 Å². The Balaban J connectivity index is 1.77. The summed E-state index contributed by atoms with van der Waals surface area (Å²) in [5.74, 6) is 0.897. The molecule has 3 heteroatoms. The van der Waals surface area contributed by atoms with Crippen LogP contribution < -0.4 is 10.1 Å². The minimum absolute atomic E-state index is 0.167. The van der Waals surface area contributed by atoms with Crippen molar-refractivity contribution in [3.63, 3.8) is 0 Å². The zero-order valence-corrected chi connectivity index (χ0v) is 9.48. The molecule has 0 bridgehead atoms. The van der Waals surface area contributed by atoms with Crippen LogP contribution in [0, 0.1) is 0 Å². The number of aliphatic hydroxyl groups excluding tert-OH is 1. The zero-order chi connectivity index (χ0) is 11.2. The van der Waals surface area contributed by atoms with Crippen LogP contribution in [0.1, 0.15) is 18.4 Å². The molecule has 1 fully saturated rings. The Morgan fingerprint density at radius 3 is 2.88 bits per heavy atom. The zero-order valence-electron chi connectivity index (χ0n) is 9.48. The highest BCUT2D eigenvalue weighted by Crippen LogP contribution is 2.19. The van der Waals surface area contributed by atoms with Crippen LogP contribution in [0.2, 0.25) is 0 Å². The molecule has 1 aliphatic rings. The third-order valence-electron chi connectivity index (χ3n) is 2.72. The summed E-state index contributed by atoms with van der Waals surface area (Å²) in [6.45, 7) is 1.76. The molecule has 0 amide bonds. The van der Waals surface area contributed by atoms with Gasteiger partial charge in [0, 0.05) is 19.2 Å². The number of hydrogen-bond acceptors (Lipinski definition) is 3. The standard InChI is InChI=1S/C13H19NO2/c15-9-7-11-3-1-2-4-13(11)16-10-8-14-12-5-6-12/h1-4,12,14-15H,5-10H2. The molecule has 0 heterocycles. The largest absolute Gasteiger partial charge is 0.492 e. The van der Waals surface area contributed by atoms with E-state index in [2.05, 4.69) is 5.32 Å². The topological polar surface area (TPSA) is 41.5 Å². The maximum absolute atomic E-state index is 8.93. The van der Waals surface area contributed by atoms with Crippen molar-refractivity contribution < 1.29 is 9.84 Å². The first-order valence-corrected chi connectivity index (χ1v) is 5.95. The van der Waals surface area contributed by atoms with Gasteiger partial charge in [0.2, 0.25) is 0 Å². The second-order valence-electron chi connectivity index (χ2n) is 4.16. The predicted molar refractivity (Wildman–Crippen MR) is 63.8 cm³/mol. The van der Waals surface area contributed by atoms with E-state index in [4.69, 9.17) is 9.84 Å². The van der Waals surface area contributed by atoms with Crippen LogP contribution in [0.3, 0.4) is 0 Å². The van der Waals surface area contributed by atoms with Crippen LogP contribution in [0.5, 0.6) is 5.75 Å². The molecule has 2 N–H and O–H groups in total. The van der Waals surface area contributed by atoms with E-state index < -0.39 is 0 Å². The Morgan fingerprint density at radius 2 is 2.12 bits per heavy atom. The van der Waals surface area contributed by atoms with Gasteiger partial charge in [-0.25, -0.2) is 0 Å². The number of hydrogen-bond donors (Lipinski definition) is 2. The van der Waals surface area contributed by atoms with E-state index in [9.17, 15) is 0 Å². The average molecular weight is 221 g/mol. The van der Waals surface area contributed by atoms with Gasteiger partial charge >= 0.3 is 0 Å². The number of ether oxygens (including phenoxy) is 1. The molecule has 0 radical (unpaired) electrons. The monoisotopic (exact) mass is 221 g/mol. The summed E-state index contributed by atoms with van der Waals surface area (Å²) in [6, 6.07) is 8.63. The lowest BCUT2D eigenvalue weighted by Crippen LogP contribution is -2.23. The van der Waals surface area contributed by atoms with Crippen molar-refractivity contribution in [2.75, 3.05) is 19.8 Å². The lowest BCUT2D eigenvalue weighted by atomic mass is 10.1. The molecule has 0 unspecified atom stereocenters. The molecule has 16 heavy (non-hydrogen) atoms. The van der Waals surface area contributed by atoms with Crippen molar-refractivity contribution >= 4 is 0 Å². The number of rotatable bonds is 7. The molecule has 0 saturated heterocycles. The molecule has 0 aromatic heterocycles. The molecule has 0 aliphatic heterocycles. The first kappa shape index (κ1) is 11.4. The fourth-order valence-corrected chi connectivity index (χ4v) is 1.68. The highest BCUT2D eigenvalue weighted by Gasteiger charge is 2.19. The Hall–Kier alpha value is -1.06. The van der Waals surface area contributed by atoms with Crippen LogP contribution in [-0.2, 0) is 6.42 Å². The van der Waals surface area contributed by atoms with Gasteiger partial charge in [-0.05, 0) is 30.9 Å². The minimum Gasteiger partial charge on any atom is -0.492 e. The van der Waals surface area contributed by atoms with Crippen LogP contribution in [0.15, 0.2) is 24.3 Å². The lowest BCUT2D eigenvalue weighted by Gasteiger charge is -2.10. The molecule has 1 saturated carbocycles. The van der Waals surface area contributed by atoms with Gasteiger partial charge < -0.3 is 15.2 Å². The molecule has 1 aromatic rings. The second kappa shape index (κ2) is 5.87. The van der Waals surface area contributed by atoms with Crippen molar-refractivity contribution in [2.45, 2.75) is 25.3 Å². The quantitative estimate of drug-likeness (QED) is 0.683. The summed E-state index contributed by atoms with van der Waals surface area (Å²) in [5, 5.41) is 12.3. The molecule has 0 atom stereocenters. The SMILES string of the molecule is OCCc1ccccc1OCCNC1CC1. The van der Waals surface area contributed by atoms with Gasteiger partial charge in [0.15, 0.2) is 0 Å². The third-order valence-corrected chi connectivity index (χ3v) is 2.72. The van der Waals surface area contributed by atoms with Crippen LogP contribution in [-0.4, -0.2) is 30.9 Å². The van der Waals surface area contributed by atoms with Crippen molar-refractivity contribution in [3.05, 3.63) is 29.8 Å². The number of benzene rings is 1. The summed E-state index contributed by atoms with van der Waals surface area (Å²) in [4.78, 5) is 0. The van der Waals surface area contributed by atoms with Gasteiger partial charge in [0.25, 0.3) is 0 Å². The molecule has 2 rings (SSSR count). The summed E-state index contributed by atoms with van der Waals surface area (Å²) < 4.78 is 5.69. The lowest BCUT2D eigenvalue weighted by molar-refractivity contribution is 0.287. The highest BCUT2D eigenvalue weighted by molar-refractivity contribution is 5.33. The highest BCUT2D eigenvalue weighted by atomic mass is 16.5. The van der Waals surface area contributed by atoms with Crippen molar-refractivity contribution in [1.82, 2.24) is 5.32 Å². The van der Waals surface area contributed by atoms with E-state index in [0.29, 0.717) is 13.0 Å². The Morgan fingerprint density at radius 1 is 1.31 bits per heavy atom. The van der Waals surface area contributed by atoms with Crippen LogP contribution >= 0.6 is 0 Å². The molecular formula is C13H19NO2. The minimum atomic E-state index is 0.167. The number of nitrogens with one attached hydrogen (secondary N) is 1. The van der Waals surface area contributed by atoms with E-state index in [1.54, 1.807) is 0 Å².